The Bertz CT molecular complexity index is 440. The molecule has 1 fully saturated rings. The lowest BCUT2D eigenvalue weighted by atomic mass is 9.92. The fourth-order valence-electron chi connectivity index (χ4n) is 2.45. The molecule has 1 heterocycles. The largest absolute Gasteiger partial charge is 0.490 e. The highest BCUT2D eigenvalue weighted by molar-refractivity contribution is 5.49. The SMILES string of the molecule is CC.COc1ccc(C2CCCCCOC2)cc1[N+](=O)[O-]. The summed E-state index contributed by atoms with van der Waals surface area (Å²) in [6.45, 7) is 5.43. The third-order valence-electron chi connectivity index (χ3n) is 3.53. The molecule has 0 aliphatic carbocycles. The van der Waals surface area contributed by atoms with Gasteiger partial charge in [0.05, 0.1) is 18.6 Å². The third-order valence-corrected chi connectivity index (χ3v) is 3.53. The Morgan fingerprint density at radius 1 is 1.29 bits per heavy atom. The molecule has 0 saturated carbocycles. The van der Waals surface area contributed by atoms with Crippen molar-refractivity contribution >= 4 is 5.69 Å². The summed E-state index contributed by atoms with van der Waals surface area (Å²) in [5, 5.41) is 11.0. The van der Waals surface area contributed by atoms with Gasteiger partial charge in [0.1, 0.15) is 0 Å². The zero-order valence-electron chi connectivity index (χ0n) is 13.1. The topological polar surface area (TPSA) is 61.6 Å². The number of benzene rings is 1. The Kier molecular flexibility index (Phi) is 7.75. The van der Waals surface area contributed by atoms with Gasteiger partial charge in [-0.15, -0.1) is 0 Å². The van der Waals surface area contributed by atoms with E-state index < -0.39 is 4.92 Å². The van der Waals surface area contributed by atoms with E-state index in [1.807, 2.05) is 19.9 Å². The molecule has 5 heteroatoms. The van der Waals surface area contributed by atoms with Gasteiger partial charge in [-0.25, -0.2) is 0 Å². The molecule has 1 aromatic carbocycles. The van der Waals surface area contributed by atoms with Crippen molar-refractivity contribution in [2.24, 2.45) is 0 Å². The Hall–Kier alpha value is -1.62. The Balaban J connectivity index is 0.00000106. The number of hydrogen-bond acceptors (Lipinski definition) is 4. The second-order valence-electron chi connectivity index (χ2n) is 4.81. The van der Waals surface area contributed by atoms with Crippen LogP contribution in [-0.4, -0.2) is 25.2 Å². The highest BCUT2D eigenvalue weighted by atomic mass is 16.6. The highest BCUT2D eigenvalue weighted by Gasteiger charge is 2.20. The van der Waals surface area contributed by atoms with E-state index in [4.69, 9.17) is 9.47 Å². The van der Waals surface area contributed by atoms with Crippen molar-refractivity contribution in [3.05, 3.63) is 33.9 Å². The van der Waals surface area contributed by atoms with Crippen molar-refractivity contribution in [1.29, 1.82) is 0 Å². The van der Waals surface area contributed by atoms with Gasteiger partial charge in [-0.3, -0.25) is 10.1 Å². The van der Waals surface area contributed by atoms with Crippen molar-refractivity contribution in [1.82, 2.24) is 0 Å². The van der Waals surface area contributed by atoms with Gasteiger partial charge in [-0.2, -0.15) is 0 Å². The summed E-state index contributed by atoms with van der Waals surface area (Å²) in [6.07, 6.45) is 4.43. The molecule has 5 nitrogen and oxygen atoms in total. The minimum absolute atomic E-state index is 0.0297. The molecule has 1 aliphatic heterocycles. The zero-order valence-corrected chi connectivity index (χ0v) is 13.1. The maximum atomic E-state index is 11.0. The van der Waals surface area contributed by atoms with Crippen molar-refractivity contribution in [2.75, 3.05) is 20.3 Å². The molecular formula is C16H25NO4. The van der Waals surface area contributed by atoms with Gasteiger partial charge >= 0.3 is 5.69 Å². The lowest BCUT2D eigenvalue weighted by Gasteiger charge is -2.20. The van der Waals surface area contributed by atoms with Crippen LogP contribution in [0, 0.1) is 10.1 Å². The summed E-state index contributed by atoms with van der Waals surface area (Å²) in [5.41, 5.74) is 0.997. The van der Waals surface area contributed by atoms with E-state index >= 15 is 0 Å². The monoisotopic (exact) mass is 295 g/mol. The van der Waals surface area contributed by atoms with E-state index in [0.29, 0.717) is 12.4 Å². The smallest absolute Gasteiger partial charge is 0.311 e. The maximum absolute atomic E-state index is 11.0. The number of nitro benzene ring substituents is 1. The Labute approximate surface area is 126 Å². The zero-order chi connectivity index (χ0) is 15.7. The van der Waals surface area contributed by atoms with E-state index in [-0.39, 0.29) is 11.6 Å². The summed E-state index contributed by atoms with van der Waals surface area (Å²) in [7, 11) is 1.45. The Morgan fingerprint density at radius 3 is 2.71 bits per heavy atom. The summed E-state index contributed by atoms with van der Waals surface area (Å²) >= 11 is 0. The number of ether oxygens (including phenoxy) is 2. The quantitative estimate of drug-likeness (QED) is 0.616. The van der Waals surface area contributed by atoms with Crippen LogP contribution in [0.1, 0.15) is 51.0 Å². The van der Waals surface area contributed by atoms with Crippen LogP contribution in [0.4, 0.5) is 5.69 Å². The van der Waals surface area contributed by atoms with Crippen LogP contribution in [0.3, 0.4) is 0 Å². The van der Waals surface area contributed by atoms with Crippen LogP contribution in [-0.2, 0) is 4.74 Å². The van der Waals surface area contributed by atoms with Gasteiger partial charge in [-0.05, 0) is 24.5 Å². The van der Waals surface area contributed by atoms with Gasteiger partial charge < -0.3 is 9.47 Å². The van der Waals surface area contributed by atoms with Gasteiger partial charge in [-0.1, -0.05) is 32.8 Å². The van der Waals surface area contributed by atoms with Crippen molar-refractivity contribution in [3.63, 3.8) is 0 Å². The number of nitrogens with zero attached hydrogens (tertiary/aromatic N) is 1. The molecule has 1 aliphatic rings. The van der Waals surface area contributed by atoms with Crippen LogP contribution in [0.2, 0.25) is 0 Å². The molecule has 0 radical (unpaired) electrons. The molecule has 1 unspecified atom stereocenters. The molecule has 1 aromatic rings. The van der Waals surface area contributed by atoms with E-state index in [9.17, 15) is 10.1 Å². The van der Waals surface area contributed by atoms with Crippen LogP contribution in [0.15, 0.2) is 18.2 Å². The van der Waals surface area contributed by atoms with Gasteiger partial charge in [0.25, 0.3) is 0 Å². The molecule has 0 bridgehead atoms. The van der Waals surface area contributed by atoms with Gasteiger partial charge in [0.15, 0.2) is 5.75 Å². The standard InChI is InChI=1S/C14H19NO4.C2H6/c1-18-14-7-6-11(9-13(14)15(16)17)12-5-3-2-4-8-19-10-12;1-2/h6-7,9,12H,2-5,8,10H2,1H3;1-2H3. The molecule has 0 aromatic heterocycles. The van der Waals surface area contributed by atoms with E-state index in [2.05, 4.69) is 0 Å². The molecule has 0 amide bonds. The first-order valence-electron chi connectivity index (χ1n) is 7.62. The summed E-state index contributed by atoms with van der Waals surface area (Å²) < 4.78 is 10.6. The number of hydrogen-bond donors (Lipinski definition) is 0. The average molecular weight is 295 g/mol. The van der Waals surface area contributed by atoms with Crippen LogP contribution < -0.4 is 4.74 Å². The molecule has 118 valence electrons. The first-order valence-corrected chi connectivity index (χ1v) is 7.62. The van der Waals surface area contributed by atoms with Crippen LogP contribution in [0.25, 0.3) is 0 Å². The molecule has 1 atom stereocenters. The minimum Gasteiger partial charge on any atom is -0.490 e. The number of methoxy groups -OCH3 is 1. The van der Waals surface area contributed by atoms with E-state index in [1.165, 1.54) is 7.11 Å². The molecule has 1 saturated heterocycles. The van der Waals surface area contributed by atoms with Crippen molar-refractivity contribution in [2.45, 2.75) is 45.4 Å². The summed E-state index contributed by atoms with van der Waals surface area (Å²) in [5.74, 6) is 0.547. The summed E-state index contributed by atoms with van der Waals surface area (Å²) in [4.78, 5) is 10.6. The van der Waals surface area contributed by atoms with Crippen LogP contribution >= 0.6 is 0 Å². The van der Waals surface area contributed by atoms with E-state index in [0.717, 1.165) is 37.9 Å². The maximum Gasteiger partial charge on any atom is 0.311 e. The third kappa shape index (κ3) is 5.01. The highest BCUT2D eigenvalue weighted by Crippen LogP contribution is 2.33. The second kappa shape index (κ2) is 9.34. The molecule has 0 spiro atoms. The predicted octanol–water partition coefficient (Wildman–Crippen LogP) is 4.30. The normalized spacial score (nSPS) is 18.7. The summed E-state index contributed by atoms with van der Waals surface area (Å²) in [6, 6.07) is 5.20. The fourth-order valence-corrected chi connectivity index (χ4v) is 2.45. The lowest BCUT2D eigenvalue weighted by molar-refractivity contribution is -0.385. The molecule has 2 rings (SSSR count). The van der Waals surface area contributed by atoms with Gasteiger partial charge in [0.2, 0.25) is 0 Å². The first-order chi connectivity index (χ1) is 10.2. The van der Waals surface area contributed by atoms with Crippen LogP contribution in [0.5, 0.6) is 5.75 Å². The van der Waals surface area contributed by atoms with Crippen molar-refractivity contribution < 1.29 is 14.4 Å². The molecule has 21 heavy (non-hydrogen) atoms. The van der Waals surface area contributed by atoms with Gasteiger partial charge in [0, 0.05) is 18.6 Å². The number of rotatable bonds is 3. The average Bonchev–Trinajstić information content (AvgIpc) is 2.48. The van der Waals surface area contributed by atoms with Crippen molar-refractivity contribution in [3.8, 4) is 5.75 Å². The predicted molar refractivity (Wildman–Crippen MR) is 83.0 cm³/mol. The number of nitro groups is 1. The van der Waals surface area contributed by atoms with E-state index in [1.54, 1.807) is 12.1 Å². The Morgan fingerprint density at radius 2 is 2.05 bits per heavy atom. The fraction of sp³-hybridized carbons (Fsp3) is 0.625. The first kappa shape index (κ1) is 17.4. The molecular weight excluding hydrogens is 270 g/mol. The minimum atomic E-state index is -0.397. The molecule has 0 N–H and O–H groups in total. The lowest BCUT2D eigenvalue weighted by Crippen LogP contribution is -2.12. The second-order valence-corrected chi connectivity index (χ2v) is 4.81.